The molecule has 0 radical (unpaired) electrons. The molecule has 0 unspecified atom stereocenters. The molecule has 1 aliphatic rings. The molecule has 0 spiro atoms. The number of likely N-dealkylation sites (tertiary alicyclic amines) is 1. The number of halogens is 2. The lowest BCUT2D eigenvalue weighted by atomic mass is 9.99. The Labute approximate surface area is 252 Å². The largest absolute Gasteiger partial charge is 0.337 e. The summed E-state index contributed by atoms with van der Waals surface area (Å²) in [6, 6.07) is 18.2. The van der Waals surface area contributed by atoms with E-state index in [1.54, 1.807) is 59.6 Å². The van der Waals surface area contributed by atoms with E-state index in [1.807, 2.05) is 31.2 Å². The smallest absolute Gasteiger partial charge is 0.247 e. The number of ketones is 1. The number of alkyl halides is 1. The van der Waals surface area contributed by atoms with Crippen molar-refractivity contribution in [1.29, 1.82) is 0 Å². The van der Waals surface area contributed by atoms with Gasteiger partial charge in [0.15, 0.2) is 11.6 Å². The molecule has 0 bridgehead atoms. The van der Waals surface area contributed by atoms with Crippen LogP contribution in [0.5, 0.6) is 0 Å². The normalized spacial score (nSPS) is 16.3. The van der Waals surface area contributed by atoms with E-state index in [1.165, 1.54) is 17.9 Å². The van der Waals surface area contributed by atoms with Crippen LogP contribution in [0.15, 0.2) is 85.3 Å². The van der Waals surface area contributed by atoms with E-state index in [9.17, 15) is 18.8 Å². The number of anilines is 1. The molecule has 1 fully saturated rings. The number of Topliss-reactive ketones (excluding diaryl/α,β-unsaturated/α-hetero) is 1. The molecule has 2 amide bonds. The topological polar surface area (TPSA) is 97.2 Å². The van der Waals surface area contributed by atoms with E-state index in [0.717, 1.165) is 16.7 Å². The number of amides is 2. The Kier molecular flexibility index (Phi) is 7.73. The summed E-state index contributed by atoms with van der Waals surface area (Å²) < 4.78 is 31.9. The van der Waals surface area contributed by atoms with Crippen molar-refractivity contribution in [1.82, 2.24) is 19.7 Å². The van der Waals surface area contributed by atoms with Gasteiger partial charge in [-0.2, -0.15) is 10.2 Å². The molecule has 0 aliphatic carbocycles. The number of carbonyl (C=O) groups excluding carboxylic acids is 3. The number of aryl methyl sites for hydroxylation is 1. The minimum Gasteiger partial charge on any atom is -0.337 e. The van der Waals surface area contributed by atoms with E-state index < -0.39 is 29.8 Å². The zero-order valence-corrected chi connectivity index (χ0v) is 24.1. The van der Waals surface area contributed by atoms with E-state index in [2.05, 4.69) is 15.5 Å². The number of nitrogens with zero attached hydrogens (tertiary/aromatic N) is 4. The van der Waals surface area contributed by atoms with Crippen LogP contribution >= 0.6 is 0 Å². The molecule has 6 rings (SSSR count). The molecule has 10 heteroatoms. The van der Waals surface area contributed by atoms with Gasteiger partial charge in [-0.3, -0.25) is 14.4 Å². The molecule has 1 saturated heterocycles. The molecular weight excluding hydrogens is 564 g/mol. The van der Waals surface area contributed by atoms with Crippen LogP contribution in [0.4, 0.5) is 14.5 Å². The average molecular weight is 594 g/mol. The second kappa shape index (κ2) is 11.8. The third kappa shape index (κ3) is 5.46. The van der Waals surface area contributed by atoms with Crippen molar-refractivity contribution in [3.63, 3.8) is 0 Å². The molecular formula is C34H29F2N5O3. The maximum Gasteiger partial charge on any atom is 0.247 e. The highest BCUT2D eigenvalue weighted by Crippen LogP contribution is 2.32. The molecule has 3 aromatic carbocycles. The second-order valence-electron chi connectivity index (χ2n) is 11.0. The molecule has 3 heterocycles. The first-order valence-electron chi connectivity index (χ1n) is 14.2. The Hall–Kier alpha value is -5.25. The lowest BCUT2D eigenvalue weighted by molar-refractivity contribution is -0.137. The van der Waals surface area contributed by atoms with Gasteiger partial charge in [0.05, 0.1) is 24.6 Å². The Morgan fingerprint density at radius 1 is 0.977 bits per heavy atom. The van der Waals surface area contributed by atoms with Gasteiger partial charge < -0.3 is 14.8 Å². The summed E-state index contributed by atoms with van der Waals surface area (Å²) in [5.74, 6) is -1.95. The second-order valence-corrected chi connectivity index (χ2v) is 11.0. The van der Waals surface area contributed by atoms with E-state index in [4.69, 9.17) is 0 Å². The predicted octanol–water partition coefficient (Wildman–Crippen LogP) is 5.99. The fraction of sp³-hybridized carbons (Fsp3) is 0.206. The number of rotatable bonds is 7. The summed E-state index contributed by atoms with van der Waals surface area (Å²) in [6.45, 7) is 2.84. The van der Waals surface area contributed by atoms with Crippen LogP contribution in [-0.2, 0) is 16.1 Å². The SMILES string of the molecule is CC(=O)c1cn(CC(=O)N2C[C@H](F)C[C@H]2C(=O)Nc2cccc(-c3ccccc3C)c2F)c2ccc(-c3ccnnc3)cc12. The van der Waals surface area contributed by atoms with Gasteiger partial charge in [-0.25, -0.2) is 8.78 Å². The number of hydrogen-bond donors (Lipinski definition) is 1. The predicted molar refractivity (Wildman–Crippen MR) is 163 cm³/mol. The van der Waals surface area contributed by atoms with Gasteiger partial charge in [0.1, 0.15) is 18.8 Å². The average Bonchev–Trinajstić information content (AvgIpc) is 3.59. The minimum absolute atomic E-state index is 0.0480. The highest BCUT2D eigenvalue weighted by molar-refractivity contribution is 6.08. The molecule has 8 nitrogen and oxygen atoms in total. The third-order valence-corrected chi connectivity index (χ3v) is 8.05. The lowest BCUT2D eigenvalue weighted by Gasteiger charge is -2.24. The monoisotopic (exact) mass is 593 g/mol. The fourth-order valence-electron chi connectivity index (χ4n) is 5.82. The van der Waals surface area contributed by atoms with Crippen LogP contribution in [0.1, 0.15) is 29.3 Å². The first-order chi connectivity index (χ1) is 21.2. The maximum absolute atomic E-state index is 15.6. The van der Waals surface area contributed by atoms with Gasteiger partial charge in [-0.1, -0.05) is 42.5 Å². The Morgan fingerprint density at radius 2 is 1.77 bits per heavy atom. The Bertz CT molecular complexity index is 1910. The molecule has 5 aromatic rings. The molecule has 2 aromatic heterocycles. The standard InChI is InChI=1S/C34H29F2N5O3/c1-20-6-3-4-7-25(20)26-8-5-9-29(33(26)36)39-34(44)31-15-24(35)17-41(31)32(43)19-40-18-28(21(2)42)27-14-22(10-11-30(27)40)23-12-13-37-38-16-23/h3-14,16,18,24,31H,15,17,19H2,1-2H3,(H,39,44)/t24-,31+/m1/s1. The number of benzene rings is 3. The van der Waals surface area contributed by atoms with Gasteiger partial charge in [-0.05, 0) is 54.8 Å². The van der Waals surface area contributed by atoms with Gasteiger partial charge >= 0.3 is 0 Å². The van der Waals surface area contributed by atoms with Crippen molar-refractivity contribution in [2.24, 2.45) is 0 Å². The zero-order chi connectivity index (χ0) is 31.0. The summed E-state index contributed by atoms with van der Waals surface area (Å²) in [5.41, 5.74) is 4.56. The van der Waals surface area contributed by atoms with Crippen molar-refractivity contribution in [3.05, 3.63) is 102 Å². The van der Waals surface area contributed by atoms with Crippen LogP contribution in [0.3, 0.4) is 0 Å². The van der Waals surface area contributed by atoms with Crippen LogP contribution in [-0.4, -0.2) is 56.0 Å². The molecule has 222 valence electrons. The number of hydrogen-bond acceptors (Lipinski definition) is 5. The number of fused-ring (bicyclic) bond motifs is 1. The van der Waals surface area contributed by atoms with Crippen LogP contribution in [0.2, 0.25) is 0 Å². The third-order valence-electron chi connectivity index (χ3n) is 8.05. The Balaban J connectivity index is 1.25. The molecule has 44 heavy (non-hydrogen) atoms. The van der Waals surface area contributed by atoms with Gasteiger partial charge in [0.25, 0.3) is 0 Å². The Morgan fingerprint density at radius 3 is 2.52 bits per heavy atom. The van der Waals surface area contributed by atoms with E-state index in [0.29, 0.717) is 27.6 Å². The zero-order valence-electron chi connectivity index (χ0n) is 24.1. The van der Waals surface area contributed by atoms with Gasteiger partial charge in [0, 0.05) is 40.2 Å². The minimum atomic E-state index is -1.41. The van der Waals surface area contributed by atoms with Crippen molar-refractivity contribution in [3.8, 4) is 22.3 Å². The first kappa shape index (κ1) is 28.9. The van der Waals surface area contributed by atoms with Crippen LogP contribution in [0.25, 0.3) is 33.2 Å². The lowest BCUT2D eigenvalue weighted by Crippen LogP contribution is -2.44. The summed E-state index contributed by atoms with van der Waals surface area (Å²) in [4.78, 5) is 40.7. The molecule has 2 atom stereocenters. The fourth-order valence-corrected chi connectivity index (χ4v) is 5.82. The molecule has 0 saturated carbocycles. The number of aromatic nitrogens is 3. The number of carbonyl (C=O) groups is 3. The summed E-state index contributed by atoms with van der Waals surface area (Å²) >= 11 is 0. The van der Waals surface area contributed by atoms with E-state index >= 15 is 4.39 Å². The molecule has 1 N–H and O–H groups in total. The van der Waals surface area contributed by atoms with E-state index in [-0.39, 0.29) is 31.0 Å². The summed E-state index contributed by atoms with van der Waals surface area (Å²) in [6.07, 6.45) is 3.18. The van der Waals surface area contributed by atoms with Crippen molar-refractivity contribution < 1.29 is 23.2 Å². The van der Waals surface area contributed by atoms with Gasteiger partial charge in [0.2, 0.25) is 11.8 Å². The summed E-state index contributed by atoms with van der Waals surface area (Å²) in [7, 11) is 0. The maximum atomic E-state index is 15.6. The quantitative estimate of drug-likeness (QED) is 0.234. The van der Waals surface area contributed by atoms with Crippen LogP contribution < -0.4 is 5.32 Å². The van der Waals surface area contributed by atoms with Crippen LogP contribution in [0, 0.1) is 12.7 Å². The van der Waals surface area contributed by atoms with Crippen molar-refractivity contribution >= 4 is 34.2 Å². The molecule has 1 aliphatic heterocycles. The highest BCUT2D eigenvalue weighted by Gasteiger charge is 2.40. The highest BCUT2D eigenvalue weighted by atomic mass is 19.1. The van der Waals surface area contributed by atoms with Crippen molar-refractivity contribution in [2.75, 3.05) is 11.9 Å². The van der Waals surface area contributed by atoms with Crippen molar-refractivity contribution in [2.45, 2.75) is 39.0 Å². The first-order valence-corrected chi connectivity index (χ1v) is 14.2. The summed E-state index contributed by atoms with van der Waals surface area (Å²) in [5, 5.41) is 11.0. The number of nitrogens with one attached hydrogen (secondary N) is 1. The van der Waals surface area contributed by atoms with Gasteiger partial charge in [-0.15, -0.1) is 0 Å².